The number of anilines is 1. The van der Waals surface area contributed by atoms with Crippen LogP contribution in [0.25, 0.3) is 10.9 Å². The first kappa shape index (κ1) is 13.6. The number of H-pyrrole nitrogens is 1. The van der Waals surface area contributed by atoms with E-state index in [0.29, 0.717) is 17.1 Å². The number of hydrogen-bond donors (Lipinski definition) is 2. The SMILES string of the molecule is Cc1cc(Cl)cnc1NCc1cc2ccccc2[nH]c1=O. The van der Waals surface area contributed by atoms with Crippen LogP contribution in [0.15, 0.2) is 47.4 Å². The van der Waals surface area contributed by atoms with Crippen molar-refractivity contribution >= 4 is 28.3 Å². The highest BCUT2D eigenvalue weighted by Gasteiger charge is 2.05. The van der Waals surface area contributed by atoms with Crippen molar-refractivity contribution in [3.8, 4) is 0 Å². The number of para-hydroxylation sites is 1. The smallest absolute Gasteiger partial charge is 0.253 e. The Balaban J connectivity index is 1.88. The molecule has 0 aliphatic carbocycles. The number of nitrogens with one attached hydrogen (secondary N) is 2. The molecular weight excluding hydrogens is 286 g/mol. The van der Waals surface area contributed by atoms with Crippen molar-refractivity contribution in [2.75, 3.05) is 5.32 Å². The molecule has 0 atom stereocenters. The van der Waals surface area contributed by atoms with Crippen LogP contribution in [0.4, 0.5) is 5.82 Å². The normalized spacial score (nSPS) is 10.8. The lowest BCUT2D eigenvalue weighted by molar-refractivity contribution is 1.06. The molecule has 0 radical (unpaired) electrons. The van der Waals surface area contributed by atoms with Crippen molar-refractivity contribution < 1.29 is 0 Å². The van der Waals surface area contributed by atoms with E-state index >= 15 is 0 Å². The van der Waals surface area contributed by atoms with Gasteiger partial charge in [-0.25, -0.2) is 4.98 Å². The number of pyridine rings is 2. The summed E-state index contributed by atoms with van der Waals surface area (Å²) in [5.74, 6) is 0.729. The number of halogens is 1. The number of benzene rings is 1. The van der Waals surface area contributed by atoms with E-state index in [2.05, 4.69) is 15.3 Å². The van der Waals surface area contributed by atoms with Crippen molar-refractivity contribution in [2.24, 2.45) is 0 Å². The summed E-state index contributed by atoms with van der Waals surface area (Å²) in [4.78, 5) is 19.2. The lowest BCUT2D eigenvalue weighted by Crippen LogP contribution is -2.16. The van der Waals surface area contributed by atoms with Gasteiger partial charge in [0.1, 0.15) is 5.82 Å². The van der Waals surface area contributed by atoms with Gasteiger partial charge in [0.05, 0.1) is 5.02 Å². The molecule has 0 unspecified atom stereocenters. The molecule has 0 amide bonds. The molecule has 2 heterocycles. The van der Waals surface area contributed by atoms with Gasteiger partial charge in [-0.05, 0) is 36.1 Å². The number of fused-ring (bicyclic) bond motifs is 1. The topological polar surface area (TPSA) is 57.8 Å². The maximum Gasteiger partial charge on any atom is 0.253 e. The molecule has 3 aromatic rings. The second-order valence-corrected chi connectivity index (χ2v) is 5.32. The second-order valence-electron chi connectivity index (χ2n) is 4.88. The molecule has 4 nitrogen and oxygen atoms in total. The maximum atomic E-state index is 12.1. The molecule has 5 heteroatoms. The maximum absolute atomic E-state index is 12.1. The van der Waals surface area contributed by atoms with Crippen LogP contribution in [0.2, 0.25) is 5.02 Å². The zero-order valence-electron chi connectivity index (χ0n) is 11.5. The van der Waals surface area contributed by atoms with Crippen LogP contribution in [0.3, 0.4) is 0 Å². The Kier molecular flexibility index (Phi) is 3.62. The van der Waals surface area contributed by atoms with Gasteiger partial charge in [0, 0.05) is 23.8 Å². The molecule has 3 rings (SSSR count). The molecule has 106 valence electrons. The average Bonchev–Trinajstić information content (AvgIpc) is 2.46. The van der Waals surface area contributed by atoms with E-state index in [-0.39, 0.29) is 5.56 Å². The third kappa shape index (κ3) is 2.90. The lowest BCUT2D eigenvalue weighted by Gasteiger charge is -2.09. The molecule has 0 aliphatic rings. The summed E-state index contributed by atoms with van der Waals surface area (Å²) in [6.07, 6.45) is 1.58. The zero-order chi connectivity index (χ0) is 14.8. The Morgan fingerprint density at radius 3 is 2.90 bits per heavy atom. The van der Waals surface area contributed by atoms with Crippen LogP contribution in [0.1, 0.15) is 11.1 Å². The highest BCUT2D eigenvalue weighted by atomic mass is 35.5. The van der Waals surface area contributed by atoms with Crippen LogP contribution in [0.5, 0.6) is 0 Å². The molecule has 0 bridgehead atoms. The fourth-order valence-electron chi connectivity index (χ4n) is 2.23. The molecule has 1 aromatic carbocycles. The van der Waals surface area contributed by atoms with E-state index in [0.717, 1.165) is 22.3 Å². The van der Waals surface area contributed by atoms with E-state index < -0.39 is 0 Å². The summed E-state index contributed by atoms with van der Waals surface area (Å²) in [7, 11) is 0. The predicted octanol–water partition coefficient (Wildman–Crippen LogP) is 3.50. The van der Waals surface area contributed by atoms with E-state index in [9.17, 15) is 4.79 Å². The minimum atomic E-state index is -0.0900. The van der Waals surface area contributed by atoms with Crippen LogP contribution >= 0.6 is 11.6 Å². The van der Waals surface area contributed by atoms with Crippen LogP contribution < -0.4 is 10.9 Å². The van der Waals surface area contributed by atoms with Crippen LogP contribution in [-0.4, -0.2) is 9.97 Å². The van der Waals surface area contributed by atoms with Crippen molar-refractivity contribution in [3.05, 3.63) is 69.1 Å². The quantitative estimate of drug-likeness (QED) is 0.778. The summed E-state index contributed by atoms with van der Waals surface area (Å²) in [6.45, 7) is 2.33. The average molecular weight is 300 g/mol. The van der Waals surface area contributed by atoms with Gasteiger partial charge in [-0.3, -0.25) is 4.79 Å². The van der Waals surface area contributed by atoms with E-state index in [1.54, 1.807) is 6.20 Å². The first-order valence-electron chi connectivity index (χ1n) is 6.60. The monoisotopic (exact) mass is 299 g/mol. The molecule has 0 spiro atoms. The first-order chi connectivity index (χ1) is 10.1. The van der Waals surface area contributed by atoms with Gasteiger partial charge in [0.15, 0.2) is 0 Å². The molecule has 0 fully saturated rings. The summed E-state index contributed by atoms with van der Waals surface area (Å²) in [6, 6.07) is 11.4. The Labute approximate surface area is 126 Å². The van der Waals surface area contributed by atoms with E-state index in [4.69, 9.17) is 11.6 Å². The Hall–Kier alpha value is -2.33. The molecule has 21 heavy (non-hydrogen) atoms. The predicted molar refractivity (Wildman–Crippen MR) is 85.9 cm³/mol. The molecule has 0 saturated carbocycles. The molecule has 0 aliphatic heterocycles. The molecule has 0 saturated heterocycles. The van der Waals surface area contributed by atoms with Gasteiger partial charge in [0.25, 0.3) is 5.56 Å². The van der Waals surface area contributed by atoms with Crippen LogP contribution in [0, 0.1) is 6.92 Å². The second kappa shape index (κ2) is 5.58. The van der Waals surface area contributed by atoms with Gasteiger partial charge >= 0.3 is 0 Å². The van der Waals surface area contributed by atoms with Crippen molar-refractivity contribution in [3.63, 3.8) is 0 Å². The molecule has 2 N–H and O–H groups in total. The number of aryl methyl sites for hydroxylation is 1. The minimum Gasteiger partial charge on any atom is -0.366 e. The fourth-order valence-corrected chi connectivity index (χ4v) is 2.44. The lowest BCUT2D eigenvalue weighted by atomic mass is 10.1. The zero-order valence-corrected chi connectivity index (χ0v) is 12.2. The van der Waals surface area contributed by atoms with E-state index in [1.807, 2.05) is 43.3 Å². The van der Waals surface area contributed by atoms with Gasteiger partial charge < -0.3 is 10.3 Å². The van der Waals surface area contributed by atoms with Gasteiger partial charge in [-0.15, -0.1) is 0 Å². The number of aromatic amines is 1. The Bertz CT molecular complexity index is 858. The highest BCUT2D eigenvalue weighted by Crippen LogP contribution is 2.17. The summed E-state index contributed by atoms with van der Waals surface area (Å²) in [5.41, 5.74) is 2.37. The largest absolute Gasteiger partial charge is 0.366 e. The van der Waals surface area contributed by atoms with Gasteiger partial charge in [-0.2, -0.15) is 0 Å². The standard InChI is InChI=1S/C16H14ClN3O/c1-10-6-13(17)9-19-15(10)18-8-12-7-11-4-2-3-5-14(11)20-16(12)21/h2-7,9H,8H2,1H3,(H,18,19)(H,20,21). The van der Waals surface area contributed by atoms with Crippen LogP contribution in [-0.2, 0) is 6.54 Å². The highest BCUT2D eigenvalue weighted by molar-refractivity contribution is 6.30. The third-order valence-electron chi connectivity index (χ3n) is 3.32. The summed E-state index contributed by atoms with van der Waals surface area (Å²) < 4.78 is 0. The summed E-state index contributed by atoms with van der Waals surface area (Å²) in [5, 5.41) is 4.78. The van der Waals surface area contributed by atoms with Gasteiger partial charge in [-0.1, -0.05) is 29.8 Å². The number of aromatic nitrogens is 2. The number of hydrogen-bond acceptors (Lipinski definition) is 3. The number of nitrogens with zero attached hydrogens (tertiary/aromatic N) is 1. The van der Waals surface area contributed by atoms with Crippen molar-refractivity contribution in [2.45, 2.75) is 13.5 Å². The minimum absolute atomic E-state index is 0.0900. The van der Waals surface area contributed by atoms with Gasteiger partial charge in [0.2, 0.25) is 0 Å². The Morgan fingerprint density at radius 1 is 1.29 bits per heavy atom. The first-order valence-corrected chi connectivity index (χ1v) is 6.98. The Morgan fingerprint density at radius 2 is 2.10 bits per heavy atom. The third-order valence-corrected chi connectivity index (χ3v) is 3.53. The molecule has 2 aromatic heterocycles. The number of rotatable bonds is 3. The van der Waals surface area contributed by atoms with E-state index in [1.165, 1.54) is 0 Å². The molecular formula is C16H14ClN3O. The summed E-state index contributed by atoms with van der Waals surface area (Å²) >= 11 is 5.88. The van der Waals surface area contributed by atoms with Crippen molar-refractivity contribution in [1.82, 2.24) is 9.97 Å². The fraction of sp³-hybridized carbons (Fsp3) is 0.125. The van der Waals surface area contributed by atoms with Crippen molar-refractivity contribution in [1.29, 1.82) is 0 Å².